The number of carbonyl (C=O) groups is 2. The van der Waals surface area contributed by atoms with Crippen molar-refractivity contribution in [2.24, 2.45) is 0 Å². The molecule has 0 fully saturated rings. The maximum Gasteiger partial charge on any atom is 0.339 e. The van der Waals surface area contributed by atoms with E-state index in [9.17, 15) is 18.0 Å². The van der Waals surface area contributed by atoms with Gasteiger partial charge in [0, 0.05) is 12.6 Å². The highest BCUT2D eigenvalue weighted by atomic mass is 32.2. The first kappa shape index (κ1) is 23.7. The summed E-state index contributed by atoms with van der Waals surface area (Å²) in [6, 6.07) is 19.7. The smallest absolute Gasteiger partial charge is 0.339 e. The van der Waals surface area contributed by atoms with Crippen LogP contribution < -0.4 is 14.8 Å². The molecule has 170 valence electrons. The van der Waals surface area contributed by atoms with Crippen molar-refractivity contribution in [3.05, 3.63) is 95.2 Å². The number of amides is 2. The van der Waals surface area contributed by atoms with E-state index in [1.807, 2.05) is 26.0 Å². The molecule has 0 radical (unpaired) electrons. The Labute approximate surface area is 193 Å². The van der Waals surface area contributed by atoms with Gasteiger partial charge in [-0.1, -0.05) is 47.5 Å². The van der Waals surface area contributed by atoms with E-state index in [4.69, 9.17) is 4.18 Å². The van der Waals surface area contributed by atoms with Crippen LogP contribution in [0.4, 0.5) is 5.69 Å². The molecule has 0 saturated heterocycles. The normalized spacial score (nSPS) is 11.5. The van der Waals surface area contributed by atoms with Gasteiger partial charge in [-0.2, -0.15) is 8.42 Å². The van der Waals surface area contributed by atoms with E-state index < -0.39 is 21.9 Å². The molecule has 2 amide bonds. The number of anilines is 1. The average molecular weight is 465 g/mol. The second kappa shape index (κ2) is 10.1. The van der Waals surface area contributed by atoms with Gasteiger partial charge in [0.15, 0.2) is 0 Å². The number of benzene rings is 3. The summed E-state index contributed by atoms with van der Waals surface area (Å²) in [7, 11) is -3.97. The number of aryl methyl sites for hydroxylation is 2. The molecule has 0 heterocycles. The Morgan fingerprint density at radius 3 is 1.91 bits per heavy atom. The number of nitrogens with one attached hydrogen (secondary N) is 2. The van der Waals surface area contributed by atoms with Crippen LogP contribution in [0, 0.1) is 13.8 Å². The van der Waals surface area contributed by atoms with Crippen LogP contribution in [0.3, 0.4) is 0 Å². The Morgan fingerprint density at radius 2 is 1.36 bits per heavy atom. The zero-order valence-electron chi connectivity index (χ0n) is 18.5. The van der Waals surface area contributed by atoms with Gasteiger partial charge in [0.25, 0.3) is 5.91 Å². The molecule has 33 heavy (non-hydrogen) atoms. The summed E-state index contributed by atoms with van der Waals surface area (Å²) in [5.74, 6) is -0.765. The molecule has 0 atom stereocenters. The first-order chi connectivity index (χ1) is 15.6. The third-order valence-corrected chi connectivity index (χ3v) is 5.83. The van der Waals surface area contributed by atoms with E-state index in [0.29, 0.717) is 11.3 Å². The van der Waals surface area contributed by atoms with Crippen LogP contribution in [-0.2, 0) is 19.7 Å². The van der Waals surface area contributed by atoms with E-state index >= 15 is 0 Å². The maximum absolute atomic E-state index is 12.7. The van der Waals surface area contributed by atoms with Gasteiger partial charge in [0.05, 0.1) is 0 Å². The topological polar surface area (TPSA) is 102 Å². The molecule has 3 aromatic carbocycles. The molecule has 7 nitrogen and oxygen atoms in total. The summed E-state index contributed by atoms with van der Waals surface area (Å²) < 4.78 is 30.1. The monoisotopic (exact) mass is 464 g/mol. The van der Waals surface area contributed by atoms with Gasteiger partial charge < -0.3 is 14.8 Å². The number of hydrogen-bond donors (Lipinski definition) is 2. The summed E-state index contributed by atoms with van der Waals surface area (Å²) in [4.78, 5) is 24.3. The third-order valence-electron chi connectivity index (χ3n) is 4.57. The second-order valence-corrected chi connectivity index (χ2v) is 9.03. The van der Waals surface area contributed by atoms with Gasteiger partial charge in [0.1, 0.15) is 16.3 Å². The van der Waals surface area contributed by atoms with E-state index in [-0.39, 0.29) is 16.3 Å². The second-order valence-electron chi connectivity index (χ2n) is 7.48. The Hall–Kier alpha value is -3.91. The van der Waals surface area contributed by atoms with E-state index in [0.717, 1.165) is 11.1 Å². The van der Waals surface area contributed by atoms with E-state index in [2.05, 4.69) is 10.6 Å². The lowest BCUT2D eigenvalue weighted by molar-refractivity contribution is -0.120. The molecule has 2 N–H and O–H groups in total. The van der Waals surface area contributed by atoms with Crippen molar-refractivity contribution < 1.29 is 22.2 Å². The number of carbonyl (C=O) groups excluding carboxylic acids is 2. The molecular formula is C25H24N2O5S. The first-order valence-electron chi connectivity index (χ1n) is 10.1. The molecule has 0 saturated carbocycles. The summed E-state index contributed by atoms with van der Waals surface area (Å²) in [6.45, 7) is 5.10. The molecule has 0 aliphatic carbocycles. The largest absolute Gasteiger partial charge is 0.379 e. The minimum atomic E-state index is -3.97. The molecule has 0 unspecified atom stereocenters. The minimum Gasteiger partial charge on any atom is -0.379 e. The van der Waals surface area contributed by atoms with Gasteiger partial charge in [-0.25, -0.2) is 0 Å². The van der Waals surface area contributed by atoms with Crippen LogP contribution in [-0.4, -0.2) is 20.2 Å². The maximum atomic E-state index is 12.7. The quantitative estimate of drug-likeness (QED) is 0.403. The summed E-state index contributed by atoms with van der Waals surface area (Å²) >= 11 is 0. The number of rotatable bonds is 7. The molecule has 0 bridgehead atoms. The Bertz CT molecular complexity index is 1280. The van der Waals surface area contributed by atoms with Crippen LogP contribution in [0.2, 0.25) is 0 Å². The van der Waals surface area contributed by atoms with Crippen LogP contribution in [0.15, 0.2) is 83.4 Å². The summed E-state index contributed by atoms with van der Waals surface area (Å²) in [5, 5.41) is 5.26. The fraction of sp³-hybridized carbons (Fsp3) is 0.120. The van der Waals surface area contributed by atoms with Crippen LogP contribution >= 0.6 is 0 Å². The number of hydrogen-bond acceptors (Lipinski definition) is 5. The fourth-order valence-electron chi connectivity index (χ4n) is 2.85. The molecule has 0 spiro atoms. The standard InChI is InChI=1S/C25H24N2O5S/c1-17-4-10-21(11-5-17)27-25(29)24(26-19(3)28)16-20-8-12-22(13-9-20)32-33(30,31)23-14-6-18(2)7-15-23/h4-16H,1-3H3,(H,26,28)(H,27,29). The average Bonchev–Trinajstić information content (AvgIpc) is 2.76. The first-order valence-corrected chi connectivity index (χ1v) is 11.5. The Kier molecular flexibility index (Phi) is 7.30. The highest BCUT2D eigenvalue weighted by Crippen LogP contribution is 2.21. The highest BCUT2D eigenvalue weighted by molar-refractivity contribution is 7.87. The third kappa shape index (κ3) is 6.78. The lowest BCUT2D eigenvalue weighted by Gasteiger charge is -2.11. The summed E-state index contributed by atoms with van der Waals surface area (Å²) in [5.41, 5.74) is 3.19. The van der Waals surface area contributed by atoms with Crippen molar-refractivity contribution in [1.29, 1.82) is 0 Å². The predicted octanol–water partition coefficient (Wildman–Crippen LogP) is 4.19. The molecule has 3 aromatic rings. The van der Waals surface area contributed by atoms with Crippen molar-refractivity contribution in [3.63, 3.8) is 0 Å². The molecular weight excluding hydrogens is 440 g/mol. The van der Waals surface area contributed by atoms with Crippen LogP contribution in [0.25, 0.3) is 6.08 Å². The van der Waals surface area contributed by atoms with E-state index in [1.54, 1.807) is 36.4 Å². The molecule has 3 rings (SSSR count). The van der Waals surface area contributed by atoms with E-state index in [1.165, 1.54) is 37.3 Å². The van der Waals surface area contributed by atoms with Gasteiger partial charge in [-0.15, -0.1) is 0 Å². The van der Waals surface area contributed by atoms with Crippen molar-refractivity contribution in [2.75, 3.05) is 5.32 Å². The van der Waals surface area contributed by atoms with Gasteiger partial charge in [-0.05, 0) is 61.9 Å². The van der Waals surface area contributed by atoms with Gasteiger partial charge in [-0.3, -0.25) is 9.59 Å². The van der Waals surface area contributed by atoms with Gasteiger partial charge in [0.2, 0.25) is 5.91 Å². The van der Waals surface area contributed by atoms with Crippen molar-refractivity contribution in [1.82, 2.24) is 5.32 Å². The molecule has 0 aromatic heterocycles. The van der Waals surface area contributed by atoms with Gasteiger partial charge >= 0.3 is 10.1 Å². The summed E-state index contributed by atoms with van der Waals surface area (Å²) in [6.07, 6.45) is 1.49. The zero-order chi connectivity index (χ0) is 24.0. The Morgan fingerprint density at radius 1 is 0.818 bits per heavy atom. The molecule has 0 aliphatic heterocycles. The van der Waals surface area contributed by atoms with Crippen molar-refractivity contribution in [3.8, 4) is 5.75 Å². The minimum absolute atomic E-state index is 0.0454. The predicted molar refractivity (Wildman–Crippen MR) is 127 cm³/mol. The SMILES string of the molecule is CC(=O)NC(=Cc1ccc(OS(=O)(=O)c2ccc(C)cc2)cc1)C(=O)Nc1ccc(C)cc1. The zero-order valence-corrected chi connectivity index (χ0v) is 19.3. The lowest BCUT2D eigenvalue weighted by atomic mass is 10.1. The molecule has 0 aliphatic rings. The highest BCUT2D eigenvalue weighted by Gasteiger charge is 2.16. The van der Waals surface area contributed by atoms with Crippen molar-refractivity contribution >= 4 is 33.7 Å². The molecule has 8 heteroatoms. The Balaban J connectivity index is 1.77. The lowest BCUT2D eigenvalue weighted by Crippen LogP contribution is -2.28. The van der Waals surface area contributed by atoms with Crippen LogP contribution in [0.5, 0.6) is 5.75 Å². The van der Waals surface area contributed by atoms with Crippen molar-refractivity contribution in [2.45, 2.75) is 25.7 Å². The van der Waals surface area contributed by atoms with Crippen LogP contribution in [0.1, 0.15) is 23.6 Å². The fourth-order valence-corrected chi connectivity index (χ4v) is 3.78.